The second-order valence-corrected chi connectivity index (χ2v) is 7.85. The van der Waals surface area contributed by atoms with Crippen LogP contribution in [0.1, 0.15) is 36.3 Å². The molecule has 1 aromatic rings. The topological polar surface area (TPSA) is 73.6 Å². The maximum Gasteiger partial charge on any atom is 0.416 e. The zero-order chi connectivity index (χ0) is 21.9. The quantitative estimate of drug-likeness (QED) is 0.681. The van der Waals surface area contributed by atoms with E-state index in [9.17, 15) is 22.8 Å². The number of nitriles is 1. The van der Waals surface area contributed by atoms with Crippen molar-refractivity contribution in [2.75, 3.05) is 33.3 Å². The molecular weight excluding hydrogens is 399 g/mol. The van der Waals surface area contributed by atoms with Crippen LogP contribution in [0.2, 0.25) is 0 Å². The van der Waals surface area contributed by atoms with Gasteiger partial charge in [-0.1, -0.05) is 12.1 Å². The van der Waals surface area contributed by atoms with Crippen LogP contribution in [0.25, 0.3) is 0 Å². The molecule has 162 valence electrons. The van der Waals surface area contributed by atoms with Gasteiger partial charge in [-0.25, -0.2) is 4.79 Å². The fourth-order valence-electron chi connectivity index (χ4n) is 4.18. The van der Waals surface area contributed by atoms with Gasteiger partial charge in [0, 0.05) is 38.0 Å². The van der Waals surface area contributed by atoms with Gasteiger partial charge in [-0.3, -0.25) is 4.79 Å². The molecule has 2 aliphatic rings. The van der Waals surface area contributed by atoms with E-state index in [1.54, 1.807) is 9.80 Å². The number of amides is 2. The third-order valence-corrected chi connectivity index (χ3v) is 5.91. The minimum Gasteiger partial charge on any atom is -0.469 e. The highest BCUT2D eigenvalue weighted by Crippen LogP contribution is 2.34. The fourth-order valence-corrected chi connectivity index (χ4v) is 4.18. The summed E-state index contributed by atoms with van der Waals surface area (Å²) < 4.78 is 43.5. The molecule has 0 radical (unpaired) electrons. The molecule has 1 aromatic carbocycles. The van der Waals surface area contributed by atoms with Crippen LogP contribution in [0, 0.1) is 23.2 Å². The summed E-state index contributed by atoms with van der Waals surface area (Å²) in [6, 6.07) is 6.88. The largest absolute Gasteiger partial charge is 0.469 e. The Morgan fingerprint density at radius 2 is 1.73 bits per heavy atom. The summed E-state index contributed by atoms with van der Waals surface area (Å²) in [5, 5.41) is 9.03. The number of carbonyl (C=O) groups is 2. The predicted octanol–water partition coefficient (Wildman–Crippen LogP) is 3.64. The Balaban J connectivity index is 1.77. The number of esters is 1. The molecule has 3 rings (SSSR count). The molecular formula is C21H24F3N3O3. The molecule has 0 N–H and O–H groups in total. The van der Waals surface area contributed by atoms with Gasteiger partial charge in [-0.2, -0.15) is 18.4 Å². The SMILES string of the molecule is COC(=O)C1CC(c2ccc(C(F)(F)F)cc2)CN(C(=O)N2CCC(C#N)CC2)C1. The number of nitrogens with zero attached hydrogens (tertiary/aromatic N) is 3. The molecule has 6 nitrogen and oxygen atoms in total. The number of likely N-dealkylation sites (tertiary alicyclic amines) is 2. The number of methoxy groups -OCH3 is 1. The van der Waals surface area contributed by atoms with E-state index in [1.807, 2.05) is 0 Å². The summed E-state index contributed by atoms with van der Waals surface area (Å²) in [6.45, 7) is 1.47. The fraction of sp³-hybridized carbons (Fsp3) is 0.571. The number of alkyl halides is 3. The molecule has 0 bridgehead atoms. The first-order valence-electron chi connectivity index (χ1n) is 9.91. The van der Waals surface area contributed by atoms with Crippen molar-refractivity contribution in [2.45, 2.75) is 31.4 Å². The average molecular weight is 423 g/mol. The third-order valence-electron chi connectivity index (χ3n) is 5.91. The van der Waals surface area contributed by atoms with Crippen molar-refractivity contribution < 1.29 is 27.5 Å². The lowest BCUT2D eigenvalue weighted by Gasteiger charge is -2.40. The standard InChI is InChI=1S/C21H24F3N3O3/c1-30-19(28)17-10-16(15-2-4-18(5-3-15)21(22,23)24)12-27(13-17)20(29)26-8-6-14(11-25)7-9-26/h2-5,14,16-17H,6-10,12-13H2,1H3. The van der Waals surface area contributed by atoms with Gasteiger partial charge in [0.05, 0.1) is 24.7 Å². The number of piperidine rings is 2. The first-order valence-corrected chi connectivity index (χ1v) is 9.91. The second kappa shape index (κ2) is 8.94. The number of halogens is 3. The van der Waals surface area contributed by atoms with E-state index in [-0.39, 0.29) is 24.4 Å². The number of carbonyl (C=O) groups excluding carboxylic acids is 2. The Morgan fingerprint density at radius 3 is 2.27 bits per heavy atom. The minimum atomic E-state index is -4.42. The zero-order valence-corrected chi connectivity index (χ0v) is 16.7. The van der Waals surface area contributed by atoms with Crippen molar-refractivity contribution in [3.05, 3.63) is 35.4 Å². The average Bonchev–Trinajstić information content (AvgIpc) is 2.77. The maximum atomic E-state index is 13.0. The lowest BCUT2D eigenvalue weighted by Crippen LogP contribution is -2.52. The van der Waals surface area contributed by atoms with Crippen LogP contribution in [0.4, 0.5) is 18.0 Å². The van der Waals surface area contributed by atoms with Crippen molar-refractivity contribution in [2.24, 2.45) is 11.8 Å². The zero-order valence-electron chi connectivity index (χ0n) is 16.7. The van der Waals surface area contributed by atoms with E-state index in [0.29, 0.717) is 44.5 Å². The van der Waals surface area contributed by atoms with Gasteiger partial charge in [0.2, 0.25) is 0 Å². The maximum absolute atomic E-state index is 13.0. The summed E-state index contributed by atoms with van der Waals surface area (Å²) in [6.07, 6.45) is -2.80. The Hall–Kier alpha value is -2.76. The summed E-state index contributed by atoms with van der Waals surface area (Å²) in [7, 11) is 1.28. The van der Waals surface area contributed by atoms with Crippen LogP contribution in [-0.4, -0.2) is 55.1 Å². The molecule has 2 saturated heterocycles. The summed E-state index contributed by atoms with van der Waals surface area (Å²) >= 11 is 0. The van der Waals surface area contributed by atoms with E-state index in [0.717, 1.165) is 12.1 Å². The van der Waals surface area contributed by atoms with Crippen LogP contribution >= 0.6 is 0 Å². The Labute approximate surface area is 173 Å². The van der Waals surface area contributed by atoms with Crippen LogP contribution in [0.15, 0.2) is 24.3 Å². The molecule has 0 aliphatic carbocycles. The van der Waals surface area contributed by atoms with Gasteiger partial charge in [-0.05, 0) is 37.0 Å². The normalized spacial score (nSPS) is 23.0. The molecule has 2 atom stereocenters. The van der Waals surface area contributed by atoms with Gasteiger partial charge in [-0.15, -0.1) is 0 Å². The minimum absolute atomic E-state index is 0.0573. The number of benzene rings is 1. The van der Waals surface area contributed by atoms with Crippen molar-refractivity contribution in [1.82, 2.24) is 9.80 Å². The summed E-state index contributed by atoms with van der Waals surface area (Å²) in [5.74, 6) is -1.31. The predicted molar refractivity (Wildman–Crippen MR) is 101 cm³/mol. The van der Waals surface area contributed by atoms with Crippen molar-refractivity contribution >= 4 is 12.0 Å². The van der Waals surface area contributed by atoms with Crippen molar-refractivity contribution in [1.29, 1.82) is 5.26 Å². The van der Waals surface area contributed by atoms with Crippen molar-refractivity contribution in [3.8, 4) is 6.07 Å². The number of hydrogen-bond acceptors (Lipinski definition) is 4. The Bertz CT molecular complexity index is 812. The lowest BCUT2D eigenvalue weighted by molar-refractivity contribution is -0.147. The summed E-state index contributed by atoms with van der Waals surface area (Å²) in [4.78, 5) is 28.5. The van der Waals surface area contributed by atoms with Gasteiger partial charge in [0.1, 0.15) is 0 Å². The third kappa shape index (κ3) is 4.86. The monoisotopic (exact) mass is 423 g/mol. The molecule has 2 amide bonds. The first-order chi connectivity index (χ1) is 14.2. The number of hydrogen-bond donors (Lipinski definition) is 0. The van der Waals surface area contributed by atoms with E-state index >= 15 is 0 Å². The molecule has 0 saturated carbocycles. The molecule has 2 heterocycles. The van der Waals surface area contributed by atoms with E-state index < -0.39 is 23.6 Å². The molecule has 0 aromatic heterocycles. The molecule has 30 heavy (non-hydrogen) atoms. The van der Waals surface area contributed by atoms with Gasteiger partial charge >= 0.3 is 18.2 Å². The summed E-state index contributed by atoms with van der Waals surface area (Å²) in [5.41, 5.74) is -0.0857. The molecule has 2 aliphatic heterocycles. The number of rotatable bonds is 2. The van der Waals surface area contributed by atoms with Crippen LogP contribution in [0.5, 0.6) is 0 Å². The second-order valence-electron chi connectivity index (χ2n) is 7.85. The Kier molecular flexibility index (Phi) is 6.54. The number of urea groups is 1. The first kappa shape index (κ1) is 21.9. The molecule has 2 unspecified atom stereocenters. The van der Waals surface area contributed by atoms with Gasteiger partial charge in [0.25, 0.3) is 0 Å². The molecule has 9 heteroatoms. The highest BCUT2D eigenvalue weighted by atomic mass is 19.4. The van der Waals surface area contributed by atoms with E-state index in [2.05, 4.69) is 6.07 Å². The van der Waals surface area contributed by atoms with Gasteiger partial charge in [0.15, 0.2) is 0 Å². The van der Waals surface area contributed by atoms with Crippen LogP contribution in [0.3, 0.4) is 0 Å². The Morgan fingerprint density at radius 1 is 1.10 bits per heavy atom. The van der Waals surface area contributed by atoms with Crippen LogP contribution < -0.4 is 0 Å². The molecule has 0 spiro atoms. The highest BCUT2D eigenvalue weighted by Gasteiger charge is 2.38. The lowest BCUT2D eigenvalue weighted by atomic mass is 9.84. The smallest absolute Gasteiger partial charge is 0.416 e. The van der Waals surface area contributed by atoms with Crippen molar-refractivity contribution in [3.63, 3.8) is 0 Å². The molecule has 2 fully saturated rings. The van der Waals surface area contributed by atoms with Gasteiger partial charge < -0.3 is 14.5 Å². The number of ether oxygens (including phenoxy) is 1. The highest BCUT2D eigenvalue weighted by molar-refractivity contribution is 5.77. The van der Waals surface area contributed by atoms with E-state index in [4.69, 9.17) is 10.00 Å². The van der Waals surface area contributed by atoms with E-state index in [1.165, 1.54) is 19.2 Å². The van der Waals surface area contributed by atoms with Crippen LogP contribution in [-0.2, 0) is 15.7 Å².